The van der Waals surface area contributed by atoms with Crippen LogP contribution in [0.15, 0.2) is 23.1 Å². The highest BCUT2D eigenvalue weighted by atomic mass is 32.2. The Labute approximate surface area is 104 Å². The van der Waals surface area contributed by atoms with E-state index in [4.69, 9.17) is 5.73 Å². The van der Waals surface area contributed by atoms with Crippen molar-refractivity contribution in [2.75, 3.05) is 5.32 Å². The van der Waals surface area contributed by atoms with Crippen molar-refractivity contribution in [1.82, 2.24) is 0 Å². The number of anilines is 1. The number of thioether (sulfide) groups is 1. The molecule has 2 atom stereocenters. The van der Waals surface area contributed by atoms with Crippen LogP contribution in [0.3, 0.4) is 0 Å². The van der Waals surface area contributed by atoms with Crippen LogP contribution in [0.1, 0.15) is 25.5 Å². The first kappa shape index (κ1) is 12.1. The molecule has 1 aromatic carbocycles. The quantitative estimate of drug-likeness (QED) is 0.838. The van der Waals surface area contributed by atoms with E-state index < -0.39 is 6.04 Å². The molecule has 4 nitrogen and oxygen atoms in total. The Hall–Kier alpha value is -1.33. The smallest absolute Gasteiger partial charge is 0.237 e. The maximum absolute atomic E-state index is 11.5. The summed E-state index contributed by atoms with van der Waals surface area (Å²) in [5, 5.41) is 2.73. The summed E-state index contributed by atoms with van der Waals surface area (Å²) < 4.78 is 0. The first-order chi connectivity index (χ1) is 7.99. The summed E-state index contributed by atoms with van der Waals surface area (Å²) in [6.07, 6.45) is 0. The molecule has 2 unspecified atom stereocenters. The summed E-state index contributed by atoms with van der Waals surface area (Å²) in [6.45, 7) is 3.32. The van der Waals surface area contributed by atoms with Gasteiger partial charge in [0, 0.05) is 4.90 Å². The number of Topliss-reactive ketones (excluding diaryl/α,β-unsaturated/α-hetero) is 1. The molecule has 1 aliphatic heterocycles. The number of nitrogens with one attached hydrogen (secondary N) is 1. The average molecular weight is 250 g/mol. The Morgan fingerprint density at radius 2 is 2.24 bits per heavy atom. The summed E-state index contributed by atoms with van der Waals surface area (Å²) in [6, 6.07) is 4.88. The SMILES string of the molecule is CC(=O)C(N)c1ccc2c(c1)NC(=O)C(C)S2. The van der Waals surface area contributed by atoms with E-state index in [9.17, 15) is 9.59 Å². The topological polar surface area (TPSA) is 72.2 Å². The number of ketones is 1. The molecule has 0 fully saturated rings. The van der Waals surface area contributed by atoms with E-state index in [1.54, 1.807) is 6.07 Å². The van der Waals surface area contributed by atoms with Crippen LogP contribution in [0, 0.1) is 0 Å². The third kappa shape index (κ3) is 2.35. The maximum Gasteiger partial charge on any atom is 0.237 e. The Kier molecular flexibility index (Phi) is 3.22. The van der Waals surface area contributed by atoms with E-state index in [1.165, 1.54) is 18.7 Å². The molecule has 0 radical (unpaired) electrons. The molecule has 0 aliphatic carbocycles. The maximum atomic E-state index is 11.5. The second-order valence-electron chi connectivity index (χ2n) is 4.09. The number of benzene rings is 1. The Bertz CT molecular complexity index is 487. The van der Waals surface area contributed by atoms with Crippen molar-refractivity contribution in [3.63, 3.8) is 0 Å². The molecule has 2 rings (SSSR count). The zero-order valence-electron chi connectivity index (χ0n) is 9.69. The minimum Gasteiger partial charge on any atom is -0.324 e. The summed E-state index contributed by atoms with van der Waals surface area (Å²) in [5.74, 6) is -0.107. The van der Waals surface area contributed by atoms with Crippen LogP contribution < -0.4 is 11.1 Å². The largest absolute Gasteiger partial charge is 0.324 e. The average Bonchev–Trinajstić information content (AvgIpc) is 2.29. The van der Waals surface area contributed by atoms with Gasteiger partial charge in [0.15, 0.2) is 5.78 Å². The van der Waals surface area contributed by atoms with E-state index in [0.29, 0.717) is 0 Å². The lowest BCUT2D eigenvalue weighted by Gasteiger charge is -2.22. The van der Waals surface area contributed by atoms with Crippen LogP contribution in [0.2, 0.25) is 0 Å². The minimum absolute atomic E-state index is 0.0175. The third-order valence-electron chi connectivity index (χ3n) is 2.73. The number of rotatable bonds is 2. The van der Waals surface area contributed by atoms with Gasteiger partial charge in [-0.1, -0.05) is 6.07 Å². The first-order valence-electron chi connectivity index (χ1n) is 5.36. The highest BCUT2D eigenvalue weighted by Gasteiger charge is 2.24. The minimum atomic E-state index is -0.624. The number of carbonyl (C=O) groups is 2. The van der Waals surface area contributed by atoms with Gasteiger partial charge in [-0.15, -0.1) is 11.8 Å². The van der Waals surface area contributed by atoms with E-state index in [0.717, 1.165) is 16.1 Å². The predicted molar refractivity (Wildman–Crippen MR) is 68.0 cm³/mol. The fraction of sp³-hybridized carbons (Fsp3) is 0.333. The van der Waals surface area contributed by atoms with Crippen molar-refractivity contribution in [3.8, 4) is 0 Å². The van der Waals surface area contributed by atoms with Gasteiger partial charge in [0.05, 0.1) is 17.0 Å². The van der Waals surface area contributed by atoms with Gasteiger partial charge in [-0.3, -0.25) is 9.59 Å². The molecule has 1 aliphatic rings. The van der Waals surface area contributed by atoms with Crippen LogP contribution in [-0.2, 0) is 9.59 Å². The molecule has 17 heavy (non-hydrogen) atoms. The van der Waals surface area contributed by atoms with Gasteiger partial charge in [-0.05, 0) is 31.5 Å². The molecular formula is C12H14N2O2S. The molecule has 0 spiro atoms. The summed E-state index contributed by atoms with van der Waals surface area (Å²) in [4.78, 5) is 23.8. The lowest BCUT2D eigenvalue weighted by Crippen LogP contribution is -2.27. The van der Waals surface area contributed by atoms with Crippen molar-refractivity contribution in [3.05, 3.63) is 23.8 Å². The molecule has 1 heterocycles. The van der Waals surface area contributed by atoms with E-state index >= 15 is 0 Å². The van der Waals surface area contributed by atoms with Crippen molar-refractivity contribution in [2.24, 2.45) is 5.73 Å². The van der Waals surface area contributed by atoms with Crippen LogP contribution in [-0.4, -0.2) is 16.9 Å². The molecule has 0 saturated heterocycles. The first-order valence-corrected chi connectivity index (χ1v) is 6.24. The summed E-state index contributed by atoms with van der Waals surface area (Å²) in [5.41, 5.74) is 7.24. The van der Waals surface area contributed by atoms with Gasteiger partial charge in [0.2, 0.25) is 5.91 Å². The monoisotopic (exact) mass is 250 g/mol. The molecule has 5 heteroatoms. The molecule has 3 N–H and O–H groups in total. The highest BCUT2D eigenvalue weighted by Crippen LogP contribution is 2.36. The summed E-state index contributed by atoms with van der Waals surface area (Å²) in [7, 11) is 0. The van der Waals surface area contributed by atoms with Crippen LogP contribution in [0.5, 0.6) is 0 Å². The zero-order chi connectivity index (χ0) is 12.6. The van der Waals surface area contributed by atoms with Crippen molar-refractivity contribution in [2.45, 2.75) is 30.0 Å². The van der Waals surface area contributed by atoms with Crippen LogP contribution >= 0.6 is 11.8 Å². The van der Waals surface area contributed by atoms with E-state index in [-0.39, 0.29) is 16.9 Å². The third-order valence-corrected chi connectivity index (χ3v) is 3.91. The lowest BCUT2D eigenvalue weighted by atomic mass is 10.0. The molecule has 0 aromatic heterocycles. The zero-order valence-corrected chi connectivity index (χ0v) is 10.5. The number of amides is 1. The number of fused-ring (bicyclic) bond motifs is 1. The second kappa shape index (κ2) is 4.50. The van der Waals surface area contributed by atoms with Crippen molar-refractivity contribution >= 4 is 29.1 Å². The standard InChI is InChI=1S/C12H14N2O2S/c1-6(15)11(13)8-3-4-10-9(5-8)14-12(16)7(2)17-10/h3-5,7,11H,13H2,1-2H3,(H,14,16). The number of hydrogen-bond donors (Lipinski definition) is 2. The molecule has 0 bridgehead atoms. The van der Waals surface area contributed by atoms with Gasteiger partial charge in [0.1, 0.15) is 0 Å². The van der Waals surface area contributed by atoms with E-state index in [2.05, 4.69) is 5.32 Å². The molecular weight excluding hydrogens is 236 g/mol. The normalized spacial score (nSPS) is 20.4. The lowest BCUT2D eigenvalue weighted by molar-refractivity contribution is -0.118. The van der Waals surface area contributed by atoms with Gasteiger partial charge >= 0.3 is 0 Å². The molecule has 0 saturated carbocycles. The highest BCUT2D eigenvalue weighted by molar-refractivity contribution is 8.00. The predicted octanol–water partition coefficient (Wildman–Crippen LogP) is 1.71. The van der Waals surface area contributed by atoms with Gasteiger partial charge in [-0.2, -0.15) is 0 Å². The fourth-order valence-corrected chi connectivity index (χ4v) is 2.58. The Morgan fingerprint density at radius 3 is 2.88 bits per heavy atom. The van der Waals surface area contributed by atoms with Gasteiger partial charge < -0.3 is 11.1 Å². The van der Waals surface area contributed by atoms with Crippen molar-refractivity contribution < 1.29 is 9.59 Å². The fourth-order valence-electron chi connectivity index (χ4n) is 1.65. The van der Waals surface area contributed by atoms with Gasteiger partial charge in [-0.25, -0.2) is 0 Å². The molecule has 1 aromatic rings. The van der Waals surface area contributed by atoms with Crippen LogP contribution in [0.25, 0.3) is 0 Å². The van der Waals surface area contributed by atoms with E-state index in [1.807, 2.05) is 19.1 Å². The van der Waals surface area contributed by atoms with Crippen molar-refractivity contribution in [1.29, 1.82) is 0 Å². The Balaban J connectivity index is 2.35. The van der Waals surface area contributed by atoms with Crippen LogP contribution in [0.4, 0.5) is 5.69 Å². The number of hydrogen-bond acceptors (Lipinski definition) is 4. The number of carbonyl (C=O) groups excluding carboxylic acids is 2. The van der Waals surface area contributed by atoms with Gasteiger partial charge in [0.25, 0.3) is 0 Å². The molecule has 1 amide bonds. The second-order valence-corrected chi connectivity index (χ2v) is 5.48. The number of nitrogens with two attached hydrogens (primary N) is 1. The Morgan fingerprint density at radius 1 is 1.53 bits per heavy atom. The summed E-state index contributed by atoms with van der Waals surface area (Å²) >= 11 is 1.51. The molecule has 90 valence electrons.